The first-order valence-electron chi connectivity index (χ1n) is 7.22. The van der Waals surface area contributed by atoms with E-state index in [9.17, 15) is 18.3 Å². The summed E-state index contributed by atoms with van der Waals surface area (Å²) in [6.45, 7) is 3.18. The van der Waals surface area contributed by atoms with Crippen molar-refractivity contribution in [1.29, 1.82) is 0 Å². The van der Waals surface area contributed by atoms with E-state index < -0.39 is 16.2 Å². The van der Waals surface area contributed by atoms with Crippen LogP contribution in [0.1, 0.15) is 10.4 Å². The molecule has 2 N–H and O–H groups in total. The predicted octanol–water partition coefficient (Wildman–Crippen LogP) is 0.355. The van der Waals surface area contributed by atoms with Gasteiger partial charge in [-0.2, -0.15) is 12.7 Å². The summed E-state index contributed by atoms with van der Waals surface area (Å²) in [4.78, 5) is 15.7. The van der Waals surface area contributed by atoms with Crippen LogP contribution in [0.15, 0.2) is 18.2 Å². The lowest BCUT2D eigenvalue weighted by Gasteiger charge is -2.34. The van der Waals surface area contributed by atoms with Gasteiger partial charge in [0.25, 0.3) is 0 Å². The Morgan fingerprint density at radius 1 is 1.22 bits per heavy atom. The fraction of sp³-hybridized carbons (Fsp3) is 0.500. The van der Waals surface area contributed by atoms with Crippen molar-refractivity contribution in [1.82, 2.24) is 9.21 Å². The third kappa shape index (κ3) is 4.12. The maximum Gasteiger partial charge on any atom is 0.337 e. The summed E-state index contributed by atoms with van der Waals surface area (Å²) in [6, 6.07) is 4.60. The number of likely N-dealkylation sites (N-methyl/N-ethyl adjacent to an activating group) is 1. The molecule has 8 nitrogen and oxygen atoms in total. The molecule has 0 aromatic heterocycles. The Morgan fingerprint density at radius 3 is 2.35 bits per heavy atom. The molecule has 1 aliphatic rings. The van der Waals surface area contributed by atoms with Crippen LogP contribution in [-0.4, -0.2) is 76.0 Å². The molecule has 0 unspecified atom stereocenters. The lowest BCUT2D eigenvalue weighted by molar-refractivity contribution is 0.0697. The third-order valence-corrected chi connectivity index (χ3v) is 5.25. The lowest BCUT2D eigenvalue weighted by Crippen LogP contribution is -2.45. The molecule has 1 saturated heterocycles. The molecular weight excluding hydrogens is 320 g/mol. The highest BCUT2D eigenvalue weighted by molar-refractivity contribution is 7.90. The number of nitrogens with zero attached hydrogens (tertiary/aromatic N) is 3. The zero-order chi connectivity index (χ0) is 17.2. The molecule has 1 aliphatic heterocycles. The van der Waals surface area contributed by atoms with E-state index in [0.717, 1.165) is 30.5 Å². The summed E-state index contributed by atoms with van der Waals surface area (Å²) in [7, 11) is 1.16. The van der Waals surface area contributed by atoms with Gasteiger partial charge in [-0.3, -0.25) is 4.72 Å². The molecule has 0 bridgehead atoms. The van der Waals surface area contributed by atoms with Gasteiger partial charge >= 0.3 is 16.2 Å². The second-order valence-electron chi connectivity index (χ2n) is 5.72. The maximum atomic E-state index is 11.9. The molecule has 1 aromatic rings. The first-order chi connectivity index (χ1) is 10.7. The number of aromatic carboxylic acids is 1. The van der Waals surface area contributed by atoms with E-state index >= 15 is 0 Å². The summed E-state index contributed by atoms with van der Waals surface area (Å²) in [5.41, 5.74) is 0.931. The van der Waals surface area contributed by atoms with Gasteiger partial charge in [-0.15, -0.1) is 0 Å². The molecule has 2 rings (SSSR count). The topological polar surface area (TPSA) is 93.2 Å². The van der Waals surface area contributed by atoms with Gasteiger partial charge in [0.15, 0.2) is 0 Å². The minimum atomic E-state index is -3.67. The molecule has 9 heteroatoms. The van der Waals surface area contributed by atoms with Crippen LogP contribution in [-0.2, 0) is 10.2 Å². The molecule has 1 aromatic carbocycles. The molecule has 0 spiro atoms. The molecule has 0 aliphatic carbocycles. The van der Waals surface area contributed by atoms with E-state index in [1.54, 1.807) is 12.1 Å². The van der Waals surface area contributed by atoms with Gasteiger partial charge in [0.2, 0.25) is 0 Å². The standard InChI is InChI=1S/C14H22N4O4S/c1-16(2)23(21,22)15-11-4-5-13(12(10-11)14(19)20)18-8-6-17(3)7-9-18/h4-5,10,15H,6-9H2,1-3H3,(H,19,20). The van der Waals surface area contributed by atoms with Crippen LogP contribution in [0.5, 0.6) is 0 Å². The van der Waals surface area contributed by atoms with E-state index in [4.69, 9.17) is 0 Å². The average Bonchev–Trinajstić information content (AvgIpc) is 2.47. The maximum absolute atomic E-state index is 11.9. The second-order valence-corrected chi connectivity index (χ2v) is 7.60. The number of carboxylic acid groups (broad SMARTS) is 1. The van der Waals surface area contributed by atoms with E-state index in [0.29, 0.717) is 5.69 Å². The van der Waals surface area contributed by atoms with Crippen molar-refractivity contribution in [2.45, 2.75) is 0 Å². The minimum Gasteiger partial charge on any atom is -0.478 e. The van der Waals surface area contributed by atoms with Gasteiger partial charge in [-0.1, -0.05) is 0 Å². The van der Waals surface area contributed by atoms with Gasteiger partial charge in [0, 0.05) is 40.3 Å². The van der Waals surface area contributed by atoms with Gasteiger partial charge in [-0.25, -0.2) is 4.79 Å². The SMILES string of the molecule is CN1CCN(c2ccc(NS(=O)(=O)N(C)C)cc2C(=O)O)CC1. The van der Waals surface area contributed by atoms with Crippen LogP contribution in [0.25, 0.3) is 0 Å². The van der Waals surface area contributed by atoms with Crippen LogP contribution >= 0.6 is 0 Å². The summed E-state index contributed by atoms with van der Waals surface area (Å²) >= 11 is 0. The van der Waals surface area contributed by atoms with Crippen LogP contribution in [0.4, 0.5) is 11.4 Å². The summed E-state index contributed by atoms with van der Waals surface area (Å²) < 4.78 is 27.1. The quantitative estimate of drug-likeness (QED) is 0.802. The molecule has 23 heavy (non-hydrogen) atoms. The van der Waals surface area contributed by atoms with Crippen LogP contribution in [0, 0.1) is 0 Å². The highest BCUT2D eigenvalue weighted by Gasteiger charge is 2.21. The van der Waals surface area contributed by atoms with Gasteiger partial charge in [0.05, 0.1) is 16.9 Å². The summed E-state index contributed by atoms with van der Waals surface area (Å²) in [6.07, 6.45) is 0. The predicted molar refractivity (Wildman–Crippen MR) is 89.3 cm³/mol. The Bertz CT molecular complexity index is 682. The molecule has 1 heterocycles. The molecule has 128 valence electrons. The van der Waals surface area contributed by atoms with Crippen LogP contribution in [0.2, 0.25) is 0 Å². The Labute approximate surface area is 136 Å². The van der Waals surface area contributed by atoms with Gasteiger partial charge in [0.1, 0.15) is 0 Å². The number of hydrogen-bond acceptors (Lipinski definition) is 5. The number of carbonyl (C=O) groups is 1. The van der Waals surface area contributed by atoms with E-state index in [1.807, 2.05) is 11.9 Å². The van der Waals surface area contributed by atoms with Crippen molar-refractivity contribution in [3.8, 4) is 0 Å². The second kappa shape index (κ2) is 6.73. The fourth-order valence-corrected chi connectivity index (χ4v) is 2.94. The number of rotatable bonds is 5. The molecular formula is C14H22N4O4S. The average molecular weight is 342 g/mol. The Hall–Kier alpha value is -1.84. The molecule has 1 fully saturated rings. The van der Waals surface area contributed by atoms with Crippen LogP contribution < -0.4 is 9.62 Å². The molecule has 0 saturated carbocycles. The Kier molecular flexibility index (Phi) is 5.12. The number of carboxylic acids is 1. The van der Waals surface area contributed by atoms with Crippen LogP contribution in [0.3, 0.4) is 0 Å². The monoisotopic (exact) mass is 342 g/mol. The van der Waals surface area contributed by atoms with Crippen molar-refractivity contribution < 1.29 is 18.3 Å². The Balaban J connectivity index is 2.30. The number of anilines is 2. The third-order valence-electron chi connectivity index (χ3n) is 3.80. The van der Waals surface area contributed by atoms with Crippen molar-refractivity contribution in [2.75, 3.05) is 56.9 Å². The van der Waals surface area contributed by atoms with Crippen molar-refractivity contribution in [3.63, 3.8) is 0 Å². The number of benzene rings is 1. The largest absolute Gasteiger partial charge is 0.478 e. The molecule has 0 amide bonds. The zero-order valence-electron chi connectivity index (χ0n) is 13.5. The first kappa shape index (κ1) is 17.5. The number of piperazine rings is 1. The summed E-state index contributed by atoms with van der Waals surface area (Å²) in [5.74, 6) is -1.08. The smallest absolute Gasteiger partial charge is 0.337 e. The normalized spacial score (nSPS) is 16.6. The zero-order valence-corrected chi connectivity index (χ0v) is 14.3. The van der Waals surface area contributed by atoms with Crippen molar-refractivity contribution in [2.24, 2.45) is 0 Å². The molecule has 0 atom stereocenters. The lowest BCUT2D eigenvalue weighted by atomic mass is 10.1. The van der Waals surface area contributed by atoms with Gasteiger partial charge < -0.3 is 14.9 Å². The van der Waals surface area contributed by atoms with E-state index in [-0.39, 0.29) is 11.3 Å². The highest BCUT2D eigenvalue weighted by Crippen LogP contribution is 2.26. The fourth-order valence-electron chi connectivity index (χ4n) is 2.33. The highest BCUT2D eigenvalue weighted by atomic mass is 32.2. The van der Waals surface area contributed by atoms with Crippen molar-refractivity contribution in [3.05, 3.63) is 23.8 Å². The van der Waals surface area contributed by atoms with E-state index in [1.165, 1.54) is 20.2 Å². The molecule has 0 radical (unpaired) electrons. The van der Waals surface area contributed by atoms with E-state index in [2.05, 4.69) is 9.62 Å². The Morgan fingerprint density at radius 2 is 1.83 bits per heavy atom. The minimum absolute atomic E-state index is 0.0912. The number of hydrogen-bond donors (Lipinski definition) is 2. The van der Waals surface area contributed by atoms with Gasteiger partial charge in [-0.05, 0) is 25.2 Å². The summed E-state index contributed by atoms with van der Waals surface area (Å²) in [5, 5.41) is 9.46. The number of nitrogens with one attached hydrogen (secondary N) is 1. The van der Waals surface area contributed by atoms with Crippen molar-refractivity contribution >= 4 is 27.6 Å². The first-order valence-corrected chi connectivity index (χ1v) is 8.66.